The third kappa shape index (κ3) is 5.45. The summed E-state index contributed by atoms with van der Waals surface area (Å²) < 4.78 is 30.3. The number of rotatable bonds is 9. The molecule has 4 nitrogen and oxygen atoms in total. The number of sulfonamides is 1. The Labute approximate surface area is 177 Å². The fourth-order valence-corrected chi connectivity index (χ4v) is 8.92. The van der Waals surface area contributed by atoms with Gasteiger partial charge in [0.15, 0.2) is 0 Å². The van der Waals surface area contributed by atoms with Crippen LogP contribution in [0.4, 0.5) is 0 Å². The topological polar surface area (TPSA) is 69.4 Å². The first-order valence-electron chi connectivity index (χ1n) is 9.91. The molecule has 2 N–H and O–H groups in total. The lowest BCUT2D eigenvalue weighted by Crippen LogP contribution is -2.66. The third-order valence-corrected chi connectivity index (χ3v) is 11.8. The van der Waals surface area contributed by atoms with Crippen molar-refractivity contribution in [3.63, 3.8) is 0 Å². The molecule has 0 aliphatic heterocycles. The van der Waals surface area contributed by atoms with Crippen LogP contribution in [0.5, 0.6) is 0 Å². The fourth-order valence-electron chi connectivity index (χ4n) is 3.79. The molecule has 0 amide bonds. The third-order valence-electron chi connectivity index (χ3n) is 5.46. The molecule has 0 heterocycles. The van der Waals surface area contributed by atoms with Crippen LogP contribution in [0.2, 0.25) is 5.04 Å². The summed E-state index contributed by atoms with van der Waals surface area (Å²) in [6.45, 7) is 12.6. The summed E-state index contributed by atoms with van der Waals surface area (Å²) in [5.74, 6) is -0.107. The molecule has 0 spiro atoms. The largest absolute Gasteiger partial charge is 0.407 e. The summed E-state index contributed by atoms with van der Waals surface area (Å²) in [6.07, 6.45) is 2.17. The molecule has 6 heteroatoms. The Morgan fingerprint density at radius 3 is 1.83 bits per heavy atom. The van der Waals surface area contributed by atoms with Crippen molar-refractivity contribution in [3.8, 4) is 0 Å². The molecule has 0 bridgehead atoms. The molecule has 0 saturated heterocycles. The SMILES string of the molecule is C=C[C@H](CO[Si](c1ccccc1)(c1ccccc1)C(C)(C)C)C[C@H](C)S(N)(=O)=O. The molecule has 2 aromatic rings. The Balaban J connectivity index is 2.47. The lowest BCUT2D eigenvalue weighted by Gasteiger charge is -2.43. The average molecular weight is 432 g/mol. The van der Waals surface area contributed by atoms with Crippen LogP contribution in [0, 0.1) is 5.92 Å². The zero-order valence-electron chi connectivity index (χ0n) is 17.8. The molecular weight excluding hydrogens is 398 g/mol. The van der Waals surface area contributed by atoms with Crippen LogP contribution in [-0.4, -0.2) is 28.6 Å². The van der Waals surface area contributed by atoms with E-state index in [0.717, 1.165) is 0 Å². The minimum absolute atomic E-state index is 0.107. The molecule has 158 valence electrons. The summed E-state index contributed by atoms with van der Waals surface area (Å²) in [7, 11) is -6.24. The molecule has 0 unspecified atom stereocenters. The second-order valence-electron chi connectivity index (χ2n) is 8.61. The summed E-state index contributed by atoms with van der Waals surface area (Å²) in [4.78, 5) is 0. The van der Waals surface area contributed by atoms with E-state index in [1.54, 1.807) is 13.0 Å². The molecule has 0 saturated carbocycles. The highest BCUT2D eigenvalue weighted by Crippen LogP contribution is 2.37. The predicted octanol–water partition coefficient (Wildman–Crippen LogP) is 3.43. The van der Waals surface area contributed by atoms with Crippen LogP contribution in [0.25, 0.3) is 0 Å². The van der Waals surface area contributed by atoms with Gasteiger partial charge in [-0.1, -0.05) is 87.5 Å². The van der Waals surface area contributed by atoms with Crippen LogP contribution >= 0.6 is 0 Å². The van der Waals surface area contributed by atoms with Crippen molar-refractivity contribution in [2.75, 3.05) is 6.61 Å². The van der Waals surface area contributed by atoms with Crippen molar-refractivity contribution in [2.24, 2.45) is 11.1 Å². The lowest BCUT2D eigenvalue weighted by molar-refractivity contribution is 0.253. The molecule has 0 aliphatic rings. The maximum atomic E-state index is 11.7. The molecule has 2 atom stereocenters. The van der Waals surface area contributed by atoms with Gasteiger partial charge in [0, 0.05) is 6.61 Å². The number of nitrogens with two attached hydrogens (primary N) is 1. The molecule has 2 aromatic carbocycles. The van der Waals surface area contributed by atoms with E-state index in [1.165, 1.54) is 10.4 Å². The minimum atomic E-state index is -3.59. The van der Waals surface area contributed by atoms with Gasteiger partial charge >= 0.3 is 0 Å². The number of hydrogen-bond donors (Lipinski definition) is 1. The van der Waals surface area contributed by atoms with Gasteiger partial charge in [-0.3, -0.25) is 0 Å². The maximum Gasteiger partial charge on any atom is 0.261 e. The molecule has 0 fully saturated rings. The van der Waals surface area contributed by atoms with Gasteiger partial charge in [-0.15, -0.1) is 6.58 Å². The normalized spacial score (nSPS) is 14.9. The quantitative estimate of drug-likeness (QED) is 0.488. The summed E-state index contributed by atoms with van der Waals surface area (Å²) >= 11 is 0. The zero-order chi connectivity index (χ0) is 21.7. The van der Waals surface area contributed by atoms with Crippen molar-refractivity contribution in [3.05, 3.63) is 73.3 Å². The van der Waals surface area contributed by atoms with Gasteiger partial charge in [-0.2, -0.15) is 0 Å². The average Bonchev–Trinajstić information content (AvgIpc) is 2.67. The Hall–Kier alpha value is -1.73. The van der Waals surface area contributed by atoms with Gasteiger partial charge < -0.3 is 4.43 Å². The number of hydrogen-bond acceptors (Lipinski definition) is 3. The first kappa shape index (κ1) is 23.5. The molecule has 29 heavy (non-hydrogen) atoms. The fraction of sp³-hybridized carbons (Fsp3) is 0.391. The summed E-state index contributed by atoms with van der Waals surface area (Å²) in [6, 6.07) is 20.8. The van der Waals surface area contributed by atoms with E-state index in [9.17, 15) is 8.42 Å². The lowest BCUT2D eigenvalue weighted by atomic mass is 10.1. The molecule has 0 radical (unpaired) electrons. The Morgan fingerprint density at radius 2 is 1.48 bits per heavy atom. The van der Waals surface area contributed by atoms with Crippen molar-refractivity contribution < 1.29 is 12.8 Å². The maximum absolute atomic E-state index is 11.7. The molecule has 0 aromatic heterocycles. The van der Waals surface area contributed by atoms with Crippen LogP contribution in [0.3, 0.4) is 0 Å². The minimum Gasteiger partial charge on any atom is -0.407 e. The second kappa shape index (κ2) is 9.39. The first-order valence-corrected chi connectivity index (χ1v) is 13.4. The molecule has 2 rings (SSSR count). The first-order chi connectivity index (χ1) is 13.5. The van der Waals surface area contributed by atoms with E-state index < -0.39 is 23.6 Å². The van der Waals surface area contributed by atoms with Gasteiger partial charge in [0.1, 0.15) is 0 Å². The van der Waals surface area contributed by atoms with Crippen LogP contribution in [-0.2, 0) is 14.4 Å². The predicted molar refractivity (Wildman–Crippen MR) is 124 cm³/mol. The van der Waals surface area contributed by atoms with Crippen LogP contribution in [0.1, 0.15) is 34.1 Å². The van der Waals surface area contributed by atoms with Gasteiger partial charge in [-0.25, -0.2) is 13.6 Å². The smallest absolute Gasteiger partial charge is 0.261 e. The number of primary sulfonamides is 1. The van der Waals surface area contributed by atoms with E-state index in [1.807, 2.05) is 36.4 Å². The summed E-state index contributed by atoms with van der Waals surface area (Å²) in [5.41, 5.74) is 0. The van der Waals surface area contributed by atoms with Gasteiger partial charge in [0.05, 0.1) is 5.25 Å². The van der Waals surface area contributed by atoms with Gasteiger partial charge in [0.25, 0.3) is 8.32 Å². The monoisotopic (exact) mass is 431 g/mol. The second-order valence-corrected chi connectivity index (χ2v) is 14.9. The highest BCUT2D eigenvalue weighted by Gasteiger charge is 2.50. The van der Waals surface area contributed by atoms with E-state index in [2.05, 4.69) is 51.6 Å². The van der Waals surface area contributed by atoms with Crippen LogP contribution in [0.15, 0.2) is 73.3 Å². The number of benzene rings is 2. The standard InChI is InChI=1S/C23H33NO3SSi/c1-6-20(17-19(2)28(24,25)26)18-27-29(23(3,4)5,21-13-9-7-10-14-21)22-15-11-8-12-16-22/h6-16,19-20H,1,17-18H2,2-5H3,(H2,24,25,26)/t19-,20-/m0/s1. The Morgan fingerprint density at radius 1 is 1.03 bits per heavy atom. The van der Waals surface area contributed by atoms with E-state index in [4.69, 9.17) is 9.56 Å². The Kier molecular flexibility index (Phi) is 7.62. The van der Waals surface area contributed by atoms with Gasteiger partial charge in [0.2, 0.25) is 10.0 Å². The van der Waals surface area contributed by atoms with Crippen molar-refractivity contribution in [1.29, 1.82) is 0 Å². The highest BCUT2D eigenvalue weighted by molar-refractivity contribution is 7.89. The van der Waals surface area contributed by atoms with Crippen molar-refractivity contribution >= 4 is 28.7 Å². The Bertz CT molecular complexity index is 853. The van der Waals surface area contributed by atoms with Crippen molar-refractivity contribution in [2.45, 2.75) is 44.4 Å². The van der Waals surface area contributed by atoms with Crippen LogP contribution < -0.4 is 15.5 Å². The van der Waals surface area contributed by atoms with E-state index >= 15 is 0 Å². The van der Waals surface area contributed by atoms with Gasteiger partial charge in [-0.05, 0) is 34.7 Å². The zero-order valence-corrected chi connectivity index (χ0v) is 19.7. The highest BCUT2D eigenvalue weighted by atomic mass is 32.2. The van der Waals surface area contributed by atoms with Crippen molar-refractivity contribution in [1.82, 2.24) is 0 Å². The molecular formula is C23H33NO3SSi. The summed E-state index contributed by atoms with van der Waals surface area (Å²) in [5, 5.41) is 6.93. The van der Waals surface area contributed by atoms with E-state index in [-0.39, 0.29) is 11.0 Å². The molecule has 0 aliphatic carbocycles. The van der Waals surface area contributed by atoms with E-state index in [0.29, 0.717) is 13.0 Å².